The minimum atomic E-state index is -0.499. The minimum absolute atomic E-state index is 0.0480. The monoisotopic (exact) mass is 426 g/mol. The van der Waals surface area contributed by atoms with Gasteiger partial charge in [0, 0.05) is 53.5 Å². The van der Waals surface area contributed by atoms with Gasteiger partial charge in [-0.1, -0.05) is 6.92 Å². The van der Waals surface area contributed by atoms with Crippen LogP contribution in [0.1, 0.15) is 61.2 Å². The average molecular weight is 427 g/mol. The van der Waals surface area contributed by atoms with Gasteiger partial charge in [-0.2, -0.15) is 0 Å². The van der Waals surface area contributed by atoms with Gasteiger partial charge in [-0.15, -0.1) is 0 Å². The normalized spacial score (nSPS) is 19.9. The number of aryl methyl sites for hydroxylation is 1. The number of nitrogens with one attached hydrogen (secondary N) is 1. The SMILES string of the molecule is Cc1nc2n(c(=O)c1CCN1CCC(C(=N)c3ccc(F)cc3O)CC1)CCCC2C. The molecule has 31 heavy (non-hydrogen) atoms. The van der Waals surface area contributed by atoms with E-state index in [0.717, 1.165) is 75.0 Å². The van der Waals surface area contributed by atoms with E-state index in [1.54, 1.807) is 0 Å². The Morgan fingerprint density at radius 1 is 1.26 bits per heavy atom. The number of rotatable bonds is 5. The van der Waals surface area contributed by atoms with Crippen LogP contribution in [0.4, 0.5) is 4.39 Å². The first kappa shape index (κ1) is 21.7. The molecule has 0 aliphatic carbocycles. The molecule has 7 heteroatoms. The van der Waals surface area contributed by atoms with Crippen molar-refractivity contribution in [2.45, 2.75) is 58.4 Å². The first-order valence-electron chi connectivity index (χ1n) is 11.2. The van der Waals surface area contributed by atoms with E-state index < -0.39 is 5.82 Å². The highest BCUT2D eigenvalue weighted by Gasteiger charge is 2.26. The van der Waals surface area contributed by atoms with Crippen molar-refractivity contribution in [2.75, 3.05) is 19.6 Å². The Balaban J connectivity index is 1.37. The fraction of sp³-hybridized carbons (Fsp3) is 0.542. The van der Waals surface area contributed by atoms with E-state index in [9.17, 15) is 14.3 Å². The summed E-state index contributed by atoms with van der Waals surface area (Å²) in [5, 5.41) is 18.4. The lowest BCUT2D eigenvalue weighted by atomic mass is 9.87. The van der Waals surface area contributed by atoms with Gasteiger partial charge in [-0.25, -0.2) is 9.37 Å². The average Bonchev–Trinajstić information content (AvgIpc) is 2.74. The van der Waals surface area contributed by atoms with Crippen LogP contribution in [-0.2, 0) is 13.0 Å². The summed E-state index contributed by atoms with van der Waals surface area (Å²) < 4.78 is 15.1. The number of phenols is 1. The second-order valence-corrected chi connectivity index (χ2v) is 8.98. The Morgan fingerprint density at radius 2 is 2.00 bits per heavy atom. The molecule has 0 radical (unpaired) electrons. The highest BCUT2D eigenvalue weighted by Crippen LogP contribution is 2.27. The van der Waals surface area contributed by atoms with E-state index >= 15 is 0 Å². The molecular weight excluding hydrogens is 395 g/mol. The summed E-state index contributed by atoms with van der Waals surface area (Å²) >= 11 is 0. The second-order valence-electron chi connectivity index (χ2n) is 8.98. The van der Waals surface area contributed by atoms with Crippen LogP contribution >= 0.6 is 0 Å². The third kappa shape index (κ3) is 4.42. The zero-order chi connectivity index (χ0) is 22.1. The van der Waals surface area contributed by atoms with Gasteiger partial charge in [-0.3, -0.25) is 9.36 Å². The maximum absolute atomic E-state index is 13.2. The van der Waals surface area contributed by atoms with E-state index in [1.807, 2.05) is 11.5 Å². The van der Waals surface area contributed by atoms with Gasteiger partial charge in [-0.05, 0) is 64.3 Å². The molecule has 1 aromatic heterocycles. The first-order valence-corrected chi connectivity index (χ1v) is 11.2. The highest BCUT2D eigenvalue weighted by atomic mass is 19.1. The third-order valence-corrected chi connectivity index (χ3v) is 6.88. The molecule has 0 bridgehead atoms. The molecule has 0 spiro atoms. The zero-order valence-corrected chi connectivity index (χ0v) is 18.3. The quantitative estimate of drug-likeness (QED) is 0.716. The molecule has 1 aromatic carbocycles. The molecule has 3 heterocycles. The first-order chi connectivity index (χ1) is 14.8. The summed E-state index contributed by atoms with van der Waals surface area (Å²) in [6.07, 6.45) is 4.43. The molecule has 0 saturated carbocycles. The zero-order valence-electron chi connectivity index (χ0n) is 18.3. The largest absolute Gasteiger partial charge is 0.507 e. The molecule has 2 aromatic rings. The van der Waals surface area contributed by atoms with Crippen LogP contribution in [0, 0.1) is 24.1 Å². The number of piperidine rings is 1. The third-order valence-electron chi connectivity index (χ3n) is 6.88. The van der Waals surface area contributed by atoms with Crippen LogP contribution in [0.15, 0.2) is 23.0 Å². The molecule has 6 nitrogen and oxygen atoms in total. The molecule has 1 atom stereocenters. The van der Waals surface area contributed by atoms with E-state index in [0.29, 0.717) is 23.6 Å². The van der Waals surface area contributed by atoms with Gasteiger partial charge in [0.1, 0.15) is 17.4 Å². The lowest BCUT2D eigenvalue weighted by Crippen LogP contribution is -2.39. The number of hydrogen-bond acceptors (Lipinski definition) is 5. The summed E-state index contributed by atoms with van der Waals surface area (Å²) in [4.78, 5) is 20.1. The molecule has 2 N–H and O–H groups in total. The van der Waals surface area contributed by atoms with E-state index in [4.69, 9.17) is 10.4 Å². The number of benzene rings is 1. The fourth-order valence-electron chi connectivity index (χ4n) is 4.95. The van der Waals surface area contributed by atoms with Crippen molar-refractivity contribution >= 4 is 5.71 Å². The fourth-order valence-corrected chi connectivity index (χ4v) is 4.95. The Morgan fingerprint density at radius 3 is 2.71 bits per heavy atom. The van der Waals surface area contributed by atoms with Gasteiger partial charge >= 0.3 is 0 Å². The van der Waals surface area contributed by atoms with E-state index in [2.05, 4.69) is 11.8 Å². The number of nitrogens with zero attached hydrogens (tertiary/aromatic N) is 3. The maximum atomic E-state index is 13.2. The van der Waals surface area contributed by atoms with Crippen molar-refractivity contribution in [2.24, 2.45) is 5.92 Å². The molecule has 2 aliphatic rings. The predicted molar refractivity (Wildman–Crippen MR) is 119 cm³/mol. The number of likely N-dealkylation sites (tertiary alicyclic amines) is 1. The van der Waals surface area contributed by atoms with Crippen LogP contribution in [0.5, 0.6) is 5.75 Å². The Labute approximate surface area is 182 Å². The lowest BCUT2D eigenvalue weighted by molar-refractivity contribution is 0.211. The highest BCUT2D eigenvalue weighted by molar-refractivity contribution is 6.02. The van der Waals surface area contributed by atoms with E-state index in [-0.39, 0.29) is 17.2 Å². The summed E-state index contributed by atoms with van der Waals surface area (Å²) in [5.74, 6) is 0.649. The van der Waals surface area contributed by atoms with Gasteiger partial charge < -0.3 is 15.4 Å². The Kier molecular flexibility index (Phi) is 6.23. The minimum Gasteiger partial charge on any atom is -0.507 e. The summed E-state index contributed by atoms with van der Waals surface area (Å²) in [6, 6.07) is 3.83. The van der Waals surface area contributed by atoms with Gasteiger partial charge in [0.05, 0.1) is 0 Å². The van der Waals surface area contributed by atoms with Crippen LogP contribution in [0.3, 0.4) is 0 Å². The number of aromatic hydroxyl groups is 1. The van der Waals surface area contributed by atoms with Crippen molar-refractivity contribution in [1.82, 2.24) is 14.5 Å². The van der Waals surface area contributed by atoms with Crippen LogP contribution in [0.25, 0.3) is 0 Å². The molecule has 4 rings (SSSR count). The maximum Gasteiger partial charge on any atom is 0.256 e. The molecule has 166 valence electrons. The van der Waals surface area contributed by atoms with Gasteiger partial charge in [0.2, 0.25) is 0 Å². The van der Waals surface area contributed by atoms with Crippen molar-refractivity contribution in [1.29, 1.82) is 5.41 Å². The Bertz CT molecular complexity index is 1040. The van der Waals surface area contributed by atoms with Gasteiger partial charge in [0.15, 0.2) is 0 Å². The summed E-state index contributed by atoms with van der Waals surface area (Å²) in [7, 11) is 0. The van der Waals surface area contributed by atoms with Crippen molar-refractivity contribution in [3.8, 4) is 5.75 Å². The number of hydrogen-bond donors (Lipinski definition) is 2. The van der Waals surface area contributed by atoms with Crippen LogP contribution < -0.4 is 5.56 Å². The number of halogens is 1. The van der Waals surface area contributed by atoms with Gasteiger partial charge in [0.25, 0.3) is 5.56 Å². The topological polar surface area (TPSA) is 82.2 Å². The van der Waals surface area contributed by atoms with E-state index in [1.165, 1.54) is 12.1 Å². The standard InChI is InChI=1S/C24H31FN4O2/c1-15-4-3-10-29-23(15)27-16(2)19(24(29)31)9-13-28-11-7-17(8-12-28)22(26)20-6-5-18(25)14-21(20)30/h5-6,14-15,17,26,30H,3-4,7-13H2,1-2H3. The van der Waals surface area contributed by atoms with Crippen LogP contribution in [-0.4, -0.2) is 44.9 Å². The molecule has 1 fully saturated rings. The lowest BCUT2D eigenvalue weighted by Gasteiger charge is -2.32. The summed E-state index contributed by atoms with van der Waals surface area (Å²) in [6.45, 7) is 7.33. The summed E-state index contributed by atoms with van der Waals surface area (Å²) in [5.41, 5.74) is 2.59. The van der Waals surface area contributed by atoms with Crippen molar-refractivity contribution < 1.29 is 9.50 Å². The molecule has 2 aliphatic heterocycles. The van der Waals surface area contributed by atoms with Crippen molar-refractivity contribution in [3.05, 3.63) is 57.0 Å². The molecule has 0 amide bonds. The Hall–Kier alpha value is -2.54. The molecule has 1 unspecified atom stereocenters. The number of phenolic OH excluding ortho intramolecular Hbond substituents is 1. The van der Waals surface area contributed by atoms with Crippen molar-refractivity contribution in [3.63, 3.8) is 0 Å². The number of aromatic nitrogens is 2. The second kappa shape index (κ2) is 8.91. The smallest absolute Gasteiger partial charge is 0.256 e. The number of fused-ring (bicyclic) bond motifs is 1. The van der Waals surface area contributed by atoms with Crippen LogP contribution in [0.2, 0.25) is 0 Å². The predicted octanol–water partition coefficient (Wildman–Crippen LogP) is 3.62. The molecular formula is C24H31FN4O2. The molecule has 1 saturated heterocycles.